The van der Waals surface area contributed by atoms with E-state index in [0.717, 1.165) is 59.0 Å². The maximum absolute atomic E-state index is 12.2. The van der Waals surface area contributed by atoms with Crippen LogP contribution in [0.1, 0.15) is 118 Å². The number of ketones is 1. The van der Waals surface area contributed by atoms with Gasteiger partial charge < -0.3 is 5.11 Å². The van der Waals surface area contributed by atoms with Gasteiger partial charge in [-0.15, -0.1) is 51.8 Å². The van der Waals surface area contributed by atoms with Crippen LogP contribution in [0.3, 0.4) is 0 Å². The third-order valence-corrected chi connectivity index (χ3v) is 13.6. The fourth-order valence-electron chi connectivity index (χ4n) is 6.90. The summed E-state index contributed by atoms with van der Waals surface area (Å²) in [6.07, 6.45) is 7.57. The van der Waals surface area contributed by atoms with Crippen molar-refractivity contribution in [3.05, 3.63) is 82.7 Å². The van der Waals surface area contributed by atoms with Crippen LogP contribution in [0.5, 0.6) is 0 Å². The van der Waals surface area contributed by atoms with Crippen molar-refractivity contribution in [2.45, 2.75) is 121 Å². The number of fused-ring (bicyclic) bond motifs is 5. The molecule has 285 valence electrons. The van der Waals surface area contributed by atoms with Gasteiger partial charge in [0.1, 0.15) is 16.9 Å². The van der Waals surface area contributed by atoms with Crippen molar-refractivity contribution in [2.24, 2.45) is 16.7 Å². The number of hydrogen-bond donors (Lipinski definition) is 1. The van der Waals surface area contributed by atoms with E-state index in [1.165, 1.54) is 47.6 Å². The van der Waals surface area contributed by atoms with Crippen LogP contribution < -0.4 is 0 Å². The number of aromatic nitrogens is 2. The minimum Gasteiger partial charge on any atom is -0.512 e. The molecule has 6 rings (SSSR count). The van der Waals surface area contributed by atoms with E-state index >= 15 is 0 Å². The molecule has 0 spiro atoms. The van der Waals surface area contributed by atoms with Crippen LogP contribution in [0.2, 0.25) is 0 Å². The third-order valence-electron chi connectivity index (χ3n) is 11.4. The summed E-state index contributed by atoms with van der Waals surface area (Å²) in [5, 5.41) is 16.3. The van der Waals surface area contributed by atoms with Crippen LogP contribution in [-0.4, -0.2) is 20.9 Å². The summed E-state index contributed by atoms with van der Waals surface area (Å²) in [6, 6.07) is 19.3. The Balaban J connectivity index is 0.000000299. The first-order valence-corrected chi connectivity index (χ1v) is 20.6. The topological polar surface area (TPSA) is 63.1 Å². The standard InChI is InChI=1S/C31H29N2S2.C15H28O2.Ir/c1-17(2)11-22-18(3)34-26-15-27-24(14-23(22)26)28-29(32-16-33-30(28)35-27)20-12-19-9-7-8-10-21(19)25(13-20)31(4,5)6;1-7-14(5,8-2)12(16)11-13(17)15(6,9-3)10-4;/h7-10,13-17H,11H2,1-6H3;11,16H,7-10H2,1-6H3;/q-1;;/b;12-11-;. The Labute approximate surface area is 338 Å². The van der Waals surface area contributed by atoms with Gasteiger partial charge in [-0.3, -0.25) is 9.78 Å². The fourth-order valence-corrected chi connectivity index (χ4v) is 9.15. The average molecular weight is 926 g/mol. The molecule has 1 N–H and O–H groups in total. The first kappa shape index (κ1) is 42.8. The quantitative estimate of drug-likeness (QED) is 0.0845. The molecule has 4 nitrogen and oxygen atoms in total. The van der Waals surface area contributed by atoms with Gasteiger partial charge in [0.15, 0.2) is 5.78 Å². The van der Waals surface area contributed by atoms with Crippen LogP contribution in [-0.2, 0) is 36.7 Å². The summed E-state index contributed by atoms with van der Waals surface area (Å²) in [7, 11) is 0. The van der Waals surface area contributed by atoms with Crippen molar-refractivity contribution < 1.29 is 30.0 Å². The largest absolute Gasteiger partial charge is 0.512 e. The van der Waals surface area contributed by atoms with Crippen LogP contribution in [0, 0.1) is 29.7 Å². The van der Waals surface area contributed by atoms with Gasteiger partial charge in [0.25, 0.3) is 0 Å². The van der Waals surface area contributed by atoms with Crippen LogP contribution in [0.25, 0.3) is 52.4 Å². The molecular weight excluding hydrogens is 869 g/mol. The minimum absolute atomic E-state index is 0. The van der Waals surface area contributed by atoms with E-state index in [4.69, 9.17) is 9.97 Å². The number of carbonyl (C=O) groups excluding carboxylic acids is 1. The number of aliphatic hydroxyl groups is 1. The van der Waals surface area contributed by atoms with Crippen molar-refractivity contribution in [3.8, 4) is 11.3 Å². The van der Waals surface area contributed by atoms with Crippen LogP contribution >= 0.6 is 22.7 Å². The normalized spacial score (nSPS) is 12.8. The molecule has 0 aliphatic carbocycles. The molecule has 0 aliphatic rings. The Kier molecular flexibility index (Phi) is 13.6. The van der Waals surface area contributed by atoms with Gasteiger partial charge >= 0.3 is 0 Å². The van der Waals surface area contributed by atoms with Crippen molar-refractivity contribution in [1.29, 1.82) is 0 Å². The van der Waals surface area contributed by atoms with Crippen LogP contribution in [0.4, 0.5) is 0 Å². The summed E-state index contributed by atoms with van der Waals surface area (Å²) in [5.74, 6) is 0.914. The molecule has 0 aliphatic heterocycles. The summed E-state index contributed by atoms with van der Waals surface area (Å²) in [4.78, 5) is 24.2. The number of carbonyl (C=O) groups is 1. The Hall–Kier alpha value is -2.96. The molecule has 0 unspecified atom stereocenters. The number of aliphatic hydroxyl groups excluding tert-OH is 1. The Morgan fingerprint density at radius 1 is 0.849 bits per heavy atom. The number of thiophene rings is 2. The predicted octanol–water partition coefficient (Wildman–Crippen LogP) is 14.1. The van der Waals surface area contributed by atoms with Gasteiger partial charge in [-0.25, -0.2) is 4.98 Å². The molecule has 0 bridgehead atoms. The SMILES string of the molecule is CCC(C)(CC)C(=O)/C=C(\O)C(C)(CC)CC.Cc1sc2cc3sc4ncnc(-c5[c-]c6ccccc6c(C(C)(C)C)c5)c4c3cc2c1CC(C)C.[Ir]. The zero-order chi connectivity index (χ0) is 38.2. The number of nitrogens with zero attached hydrogens (tertiary/aromatic N) is 2. The summed E-state index contributed by atoms with van der Waals surface area (Å²) < 4.78 is 2.66. The molecule has 3 aromatic carbocycles. The molecule has 3 aromatic heterocycles. The molecule has 1 radical (unpaired) electrons. The van der Waals surface area contributed by atoms with E-state index in [1.807, 2.05) is 52.9 Å². The molecule has 53 heavy (non-hydrogen) atoms. The number of rotatable bonds is 10. The molecule has 7 heteroatoms. The second-order valence-electron chi connectivity index (χ2n) is 16.4. The van der Waals surface area contributed by atoms with Gasteiger partial charge in [-0.2, -0.15) is 0 Å². The first-order valence-electron chi connectivity index (χ1n) is 19.0. The van der Waals surface area contributed by atoms with E-state index in [-0.39, 0.29) is 47.9 Å². The second kappa shape index (κ2) is 16.8. The zero-order valence-corrected chi connectivity index (χ0v) is 37.7. The summed E-state index contributed by atoms with van der Waals surface area (Å²) in [6.45, 7) is 25.8. The second-order valence-corrected chi connectivity index (χ2v) is 18.7. The maximum atomic E-state index is 12.2. The van der Waals surface area contributed by atoms with Crippen LogP contribution in [0.15, 0.2) is 60.6 Å². The average Bonchev–Trinajstić information content (AvgIpc) is 3.63. The van der Waals surface area contributed by atoms with Crippen molar-refractivity contribution in [3.63, 3.8) is 0 Å². The van der Waals surface area contributed by atoms with Gasteiger partial charge in [0.05, 0.1) is 0 Å². The van der Waals surface area contributed by atoms with Gasteiger partial charge in [0.2, 0.25) is 0 Å². The Morgan fingerprint density at radius 3 is 2.08 bits per heavy atom. The monoisotopic (exact) mass is 926 g/mol. The Bertz CT molecular complexity index is 2260. The molecule has 3 heterocycles. The molecule has 0 atom stereocenters. The molecular formula is C46H57IrN2O2S2-. The maximum Gasteiger partial charge on any atom is 0.164 e. The van der Waals surface area contributed by atoms with E-state index in [9.17, 15) is 9.90 Å². The summed E-state index contributed by atoms with van der Waals surface area (Å²) in [5.41, 5.74) is 4.25. The van der Waals surface area contributed by atoms with Crippen molar-refractivity contribution in [1.82, 2.24) is 9.97 Å². The minimum atomic E-state index is -0.337. The van der Waals surface area contributed by atoms with Crippen molar-refractivity contribution >= 4 is 69.6 Å². The number of benzene rings is 3. The first-order chi connectivity index (χ1) is 24.5. The molecule has 0 fully saturated rings. The molecule has 0 saturated heterocycles. The third kappa shape index (κ3) is 8.64. The fraction of sp³-hybridized carbons (Fsp3) is 0.457. The van der Waals surface area contributed by atoms with E-state index in [0.29, 0.717) is 5.92 Å². The number of hydrogen-bond acceptors (Lipinski definition) is 6. The molecule has 0 saturated carbocycles. The summed E-state index contributed by atoms with van der Waals surface area (Å²) >= 11 is 3.69. The smallest absolute Gasteiger partial charge is 0.164 e. The molecule has 6 aromatic rings. The number of allylic oxidation sites excluding steroid dienone is 2. The predicted molar refractivity (Wildman–Crippen MR) is 227 cm³/mol. The zero-order valence-electron chi connectivity index (χ0n) is 33.7. The van der Waals surface area contributed by atoms with Gasteiger partial charge in [-0.05, 0) is 78.8 Å². The van der Waals surface area contributed by atoms with Gasteiger partial charge in [0, 0.05) is 62.4 Å². The van der Waals surface area contributed by atoms with E-state index in [1.54, 1.807) is 17.7 Å². The Morgan fingerprint density at radius 2 is 1.47 bits per heavy atom. The van der Waals surface area contributed by atoms with E-state index in [2.05, 4.69) is 90.1 Å². The van der Waals surface area contributed by atoms with E-state index < -0.39 is 0 Å². The molecule has 0 amide bonds. The van der Waals surface area contributed by atoms with Crippen molar-refractivity contribution in [2.75, 3.05) is 0 Å². The number of aryl methyl sites for hydroxylation is 1. The van der Waals surface area contributed by atoms with Gasteiger partial charge in [-0.1, -0.05) is 105 Å².